The van der Waals surface area contributed by atoms with Gasteiger partial charge in [0.05, 0.1) is 12.4 Å². The smallest absolute Gasteiger partial charge is 0.0954 e. The van der Waals surface area contributed by atoms with E-state index in [9.17, 15) is 0 Å². The van der Waals surface area contributed by atoms with E-state index in [0.29, 0.717) is 0 Å². The van der Waals surface area contributed by atoms with E-state index in [-0.39, 0.29) is 6.04 Å². The van der Waals surface area contributed by atoms with E-state index in [2.05, 4.69) is 14.5 Å². The van der Waals surface area contributed by atoms with Crippen LogP contribution in [0.3, 0.4) is 0 Å². The van der Waals surface area contributed by atoms with Crippen LogP contribution in [0, 0.1) is 0 Å². The van der Waals surface area contributed by atoms with Crippen molar-refractivity contribution in [2.45, 2.75) is 6.04 Å². The first kappa shape index (κ1) is 16.0. The molecule has 4 aromatic rings. The fraction of sp³-hybridized carbons (Fsp3) is 0.0500. The summed E-state index contributed by atoms with van der Waals surface area (Å²) in [5.74, 6) is 0. The Morgan fingerprint density at radius 2 is 1.56 bits per heavy atom. The molecule has 0 aliphatic carbocycles. The summed E-state index contributed by atoms with van der Waals surface area (Å²) in [6.07, 6.45) is 9.63. The van der Waals surface area contributed by atoms with Crippen LogP contribution in [0.15, 0.2) is 79.6 Å². The van der Waals surface area contributed by atoms with Crippen molar-refractivity contribution in [3.63, 3.8) is 0 Å². The van der Waals surface area contributed by atoms with Crippen LogP contribution in [0.5, 0.6) is 0 Å². The maximum Gasteiger partial charge on any atom is 0.0954 e. The molecule has 0 spiro atoms. The first-order valence-corrected chi connectivity index (χ1v) is 8.63. The highest BCUT2D eigenvalue weighted by Crippen LogP contribution is 2.35. The van der Waals surface area contributed by atoms with Gasteiger partial charge in [0.25, 0.3) is 0 Å². The molecule has 0 aliphatic rings. The van der Waals surface area contributed by atoms with Crippen molar-refractivity contribution < 1.29 is 0 Å². The zero-order valence-corrected chi connectivity index (χ0v) is 14.7. The van der Waals surface area contributed by atoms with Gasteiger partial charge in [-0.15, -0.1) is 0 Å². The van der Waals surface area contributed by atoms with Crippen LogP contribution in [0.1, 0.15) is 17.2 Å². The van der Waals surface area contributed by atoms with Gasteiger partial charge in [-0.3, -0.25) is 0 Å². The molecule has 0 amide bonds. The maximum atomic E-state index is 6.07. The van der Waals surface area contributed by atoms with Gasteiger partial charge in [-0.25, -0.2) is 4.98 Å². The van der Waals surface area contributed by atoms with Crippen LogP contribution in [-0.2, 0) is 0 Å². The Hall–Kier alpha value is -2.49. The largest absolute Gasteiger partial charge is 0.367 e. The summed E-state index contributed by atoms with van der Waals surface area (Å²) in [7, 11) is 0. The van der Waals surface area contributed by atoms with E-state index in [1.54, 1.807) is 6.20 Å². The van der Waals surface area contributed by atoms with Gasteiger partial charge in [0.15, 0.2) is 0 Å². The van der Waals surface area contributed by atoms with Gasteiger partial charge in [-0.05, 0) is 35.4 Å². The van der Waals surface area contributed by atoms with Crippen molar-refractivity contribution in [3.05, 3.63) is 101 Å². The first-order chi connectivity index (χ1) is 12.2. The number of H-pyrrole nitrogens is 1. The van der Waals surface area contributed by atoms with E-state index in [0.717, 1.165) is 32.3 Å². The number of imidazole rings is 1. The summed E-state index contributed by atoms with van der Waals surface area (Å²) in [6.45, 7) is 0. The maximum absolute atomic E-state index is 6.07. The van der Waals surface area contributed by atoms with Gasteiger partial charge < -0.3 is 9.55 Å². The van der Waals surface area contributed by atoms with E-state index < -0.39 is 0 Å². The van der Waals surface area contributed by atoms with Gasteiger partial charge in [-0.2, -0.15) is 0 Å². The number of aromatic nitrogens is 3. The van der Waals surface area contributed by atoms with Crippen molar-refractivity contribution in [2.75, 3.05) is 0 Å². The second-order valence-corrected chi connectivity index (χ2v) is 6.67. The molecular formula is C20H15Cl2N3. The highest BCUT2D eigenvalue weighted by Gasteiger charge is 2.20. The molecule has 0 fully saturated rings. The zero-order valence-electron chi connectivity index (χ0n) is 13.2. The molecule has 1 atom stereocenters. The van der Waals surface area contributed by atoms with Gasteiger partial charge in [0.1, 0.15) is 0 Å². The molecule has 4 rings (SSSR count). The highest BCUT2D eigenvalue weighted by atomic mass is 35.5. The van der Waals surface area contributed by atoms with Gasteiger partial charge in [-0.1, -0.05) is 47.5 Å². The number of halogens is 2. The fourth-order valence-electron chi connectivity index (χ4n) is 3.06. The van der Waals surface area contributed by atoms with E-state index in [1.807, 2.05) is 73.4 Å². The molecular weight excluding hydrogens is 353 g/mol. The minimum atomic E-state index is -0.00306. The molecule has 0 radical (unpaired) electrons. The van der Waals surface area contributed by atoms with Crippen LogP contribution in [-0.4, -0.2) is 14.5 Å². The van der Waals surface area contributed by atoms with Crippen LogP contribution in [0.25, 0.3) is 11.1 Å². The molecule has 0 saturated heterocycles. The first-order valence-electron chi connectivity index (χ1n) is 7.88. The molecule has 0 bridgehead atoms. The molecule has 1 N–H and O–H groups in total. The number of hydrogen-bond acceptors (Lipinski definition) is 1. The predicted octanol–water partition coefficient (Wildman–Crippen LogP) is 5.82. The van der Waals surface area contributed by atoms with Crippen molar-refractivity contribution >= 4 is 23.2 Å². The second kappa shape index (κ2) is 6.79. The third-order valence-corrected chi connectivity index (χ3v) is 4.74. The molecule has 25 heavy (non-hydrogen) atoms. The third-order valence-electron chi connectivity index (χ3n) is 4.24. The van der Waals surface area contributed by atoms with Crippen molar-refractivity contribution in [1.82, 2.24) is 14.5 Å². The lowest BCUT2D eigenvalue weighted by Crippen LogP contribution is -2.10. The fourth-order valence-corrected chi connectivity index (χ4v) is 3.31. The van der Waals surface area contributed by atoms with Crippen molar-refractivity contribution in [3.8, 4) is 11.1 Å². The monoisotopic (exact) mass is 367 g/mol. The Balaban J connectivity index is 1.85. The minimum Gasteiger partial charge on any atom is -0.367 e. The molecule has 2 heterocycles. The summed E-state index contributed by atoms with van der Waals surface area (Å²) < 4.78 is 2.09. The van der Waals surface area contributed by atoms with Crippen molar-refractivity contribution in [2.24, 2.45) is 0 Å². The number of nitrogens with zero attached hydrogens (tertiary/aromatic N) is 2. The Morgan fingerprint density at radius 3 is 2.20 bits per heavy atom. The number of nitrogens with one attached hydrogen (secondary N) is 1. The van der Waals surface area contributed by atoms with Crippen molar-refractivity contribution in [1.29, 1.82) is 0 Å². The standard InChI is InChI=1S/C20H15Cl2N3/c21-16-5-1-14(2-6-16)18-11-24-12-19(18)20(25-10-9-23-13-25)15-3-7-17(22)8-4-15/h1-13,20,24H/t20-/m0/s1. The number of aromatic amines is 1. The average molecular weight is 368 g/mol. The van der Waals surface area contributed by atoms with Crippen LogP contribution < -0.4 is 0 Å². The molecule has 2 aromatic heterocycles. The van der Waals surface area contributed by atoms with Gasteiger partial charge in [0, 0.05) is 46.0 Å². The molecule has 5 heteroatoms. The van der Waals surface area contributed by atoms with E-state index in [4.69, 9.17) is 23.2 Å². The summed E-state index contributed by atoms with van der Waals surface area (Å²) in [4.78, 5) is 7.46. The van der Waals surface area contributed by atoms with Crippen LogP contribution >= 0.6 is 23.2 Å². The summed E-state index contributed by atoms with van der Waals surface area (Å²) in [5, 5.41) is 1.45. The Labute approximate surface area is 155 Å². The number of rotatable bonds is 4. The Bertz CT molecular complexity index is 955. The third kappa shape index (κ3) is 3.21. The highest BCUT2D eigenvalue weighted by molar-refractivity contribution is 6.30. The normalized spacial score (nSPS) is 12.2. The van der Waals surface area contributed by atoms with E-state index >= 15 is 0 Å². The number of benzene rings is 2. The average Bonchev–Trinajstić information content (AvgIpc) is 3.30. The molecule has 0 unspecified atom stereocenters. The lowest BCUT2D eigenvalue weighted by molar-refractivity contribution is 0.679. The van der Waals surface area contributed by atoms with Gasteiger partial charge in [0.2, 0.25) is 0 Å². The quantitative estimate of drug-likeness (QED) is 0.484. The topological polar surface area (TPSA) is 33.6 Å². The molecule has 3 nitrogen and oxygen atoms in total. The van der Waals surface area contributed by atoms with Gasteiger partial charge >= 0.3 is 0 Å². The Morgan fingerprint density at radius 1 is 0.880 bits per heavy atom. The molecule has 0 saturated carbocycles. The van der Waals surface area contributed by atoms with E-state index in [1.165, 1.54) is 0 Å². The molecule has 124 valence electrons. The molecule has 2 aromatic carbocycles. The zero-order chi connectivity index (χ0) is 17.2. The summed E-state index contributed by atoms with van der Waals surface area (Å²) in [6, 6.07) is 15.8. The second-order valence-electron chi connectivity index (χ2n) is 5.80. The summed E-state index contributed by atoms with van der Waals surface area (Å²) in [5.41, 5.74) is 4.53. The molecule has 0 aliphatic heterocycles. The van der Waals surface area contributed by atoms with Crippen LogP contribution in [0.4, 0.5) is 0 Å². The summed E-state index contributed by atoms with van der Waals surface area (Å²) >= 11 is 12.1. The predicted molar refractivity (Wildman–Crippen MR) is 102 cm³/mol. The Kier molecular flexibility index (Phi) is 4.35. The lowest BCUT2D eigenvalue weighted by Gasteiger charge is -2.20. The minimum absolute atomic E-state index is 0.00306. The lowest BCUT2D eigenvalue weighted by atomic mass is 9.94. The van der Waals surface area contributed by atoms with Crippen LogP contribution in [0.2, 0.25) is 10.0 Å². The number of hydrogen-bond donors (Lipinski definition) is 1. The SMILES string of the molecule is Clc1ccc(-c2c[nH]cc2[C@H](c2ccc(Cl)cc2)n2ccnc2)cc1.